The molecule has 2 unspecified atom stereocenters. The summed E-state index contributed by atoms with van der Waals surface area (Å²) >= 11 is 0. The summed E-state index contributed by atoms with van der Waals surface area (Å²) in [6.07, 6.45) is 1.38. The summed E-state index contributed by atoms with van der Waals surface area (Å²) in [6, 6.07) is 3.78. The molecule has 7 nitrogen and oxygen atoms in total. The van der Waals surface area contributed by atoms with E-state index in [0.717, 1.165) is 19.0 Å². The van der Waals surface area contributed by atoms with Gasteiger partial charge >= 0.3 is 0 Å². The van der Waals surface area contributed by atoms with Gasteiger partial charge in [0.05, 0.1) is 9.82 Å². The monoisotopic (exact) mass is 327 g/mol. The largest absolute Gasteiger partial charge is 0.315 e. The average Bonchev–Trinajstić information content (AvgIpc) is 2.48. The van der Waals surface area contributed by atoms with E-state index in [9.17, 15) is 18.5 Å². The molecule has 1 fully saturated rings. The first-order chi connectivity index (χ1) is 10.3. The van der Waals surface area contributed by atoms with E-state index in [1.165, 1.54) is 12.1 Å². The van der Waals surface area contributed by atoms with Gasteiger partial charge in [0.25, 0.3) is 5.69 Å². The molecule has 2 rings (SSSR count). The molecule has 0 spiro atoms. The molecule has 0 aromatic heterocycles. The third-order valence-electron chi connectivity index (χ3n) is 4.07. The van der Waals surface area contributed by atoms with Gasteiger partial charge in [0.15, 0.2) is 0 Å². The fraction of sp³-hybridized carbons (Fsp3) is 0.571. The van der Waals surface area contributed by atoms with E-state index in [1.54, 1.807) is 0 Å². The van der Waals surface area contributed by atoms with Crippen LogP contribution in [0.25, 0.3) is 0 Å². The maximum Gasteiger partial charge on any atom is 0.270 e. The fourth-order valence-corrected chi connectivity index (χ4v) is 4.28. The van der Waals surface area contributed by atoms with Crippen LogP contribution >= 0.6 is 0 Å². The van der Waals surface area contributed by atoms with Gasteiger partial charge in [-0.2, -0.15) is 0 Å². The van der Waals surface area contributed by atoms with Crippen molar-refractivity contribution in [2.75, 3.05) is 13.1 Å². The van der Waals surface area contributed by atoms with Gasteiger partial charge in [-0.1, -0.05) is 19.9 Å². The number of nitrogens with one attached hydrogen (secondary N) is 2. The van der Waals surface area contributed by atoms with Crippen molar-refractivity contribution in [3.63, 3.8) is 0 Å². The topological polar surface area (TPSA) is 101 Å². The number of nitro benzene ring substituents is 1. The minimum absolute atomic E-state index is 0.00183. The van der Waals surface area contributed by atoms with Crippen molar-refractivity contribution in [3.05, 3.63) is 33.9 Å². The maximum atomic E-state index is 12.6. The number of hydrogen-bond acceptors (Lipinski definition) is 5. The van der Waals surface area contributed by atoms with Crippen molar-refractivity contribution in [2.45, 2.75) is 37.6 Å². The minimum Gasteiger partial charge on any atom is -0.315 e. The van der Waals surface area contributed by atoms with Crippen LogP contribution in [0.15, 0.2) is 23.1 Å². The normalized spacial score (nSPS) is 22.5. The van der Waals surface area contributed by atoms with Crippen LogP contribution in [-0.2, 0) is 16.4 Å². The zero-order valence-corrected chi connectivity index (χ0v) is 13.5. The van der Waals surface area contributed by atoms with Gasteiger partial charge < -0.3 is 5.32 Å². The molecule has 0 radical (unpaired) electrons. The van der Waals surface area contributed by atoms with E-state index in [0.29, 0.717) is 18.5 Å². The molecule has 1 aliphatic heterocycles. The fourth-order valence-electron chi connectivity index (χ4n) is 2.61. The van der Waals surface area contributed by atoms with Gasteiger partial charge in [-0.05, 0) is 30.9 Å². The van der Waals surface area contributed by atoms with Gasteiger partial charge in [-0.15, -0.1) is 0 Å². The average molecular weight is 327 g/mol. The second kappa shape index (κ2) is 6.72. The Bertz CT molecular complexity index is 660. The van der Waals surface area contributed by atoms with Crippen LogP contribution in [0.5, 0.6) is 0 Å². The standard InChI is InChI=1S/C14H21N3O4S/c1-3-11-4-5-12(17(18)19)8-14(11)22(20,21)16-13-9-15-7-6-10(13)2/h4-5,8,10,13,15-16H,3,6-7,9H2,1-2H3. The molecule has 1 saturated heterocycles. The second-order valence-electron chi connectivity index (χ2n) is 5.60. The van der Waals surface area contributed by atoms with Crippen LogP contribution in [0.4, 0.5) is 5.69 Å². The molecule has 0 amide bonds. The SMILES string of the molecule is CCc1ccc([N+](=O)[O-])cc1S(=O)(=O)NC1CNCCC1C. The van der Waals surface area contributed by atoms with E-state index in [1.807, 2.05) is 13.8 Å². The zero-order chi connectivity index (χ0) is 16.3. The van der Waals surface area contributed by atoms with E-state index < -0.39 is 14.9 Å². The lowest BCUT2D eigenvalue weighted by atomic mass is 9.96. The Morgan fingerprint density at radius 3 is 2.77 bits per heavy atom. The Balaban J connectivity index is 2.35. The second-order valence-corrected chi connectivity index (χ2v) is 7.28. The van der Waals surface area contributed by atoms with Crippen molar-refractivity contribution in [1.82, 2.24) is 10.0 Å². The summed E-state index contributed by atoms with van der Waals surface area (Å²) < 4.78 is 28.0. The highest BCUT2D eigenvalue weighted by Crippen LogP contribution is 2.24. The number of hydrogen-bond donors (Lipinski definition) is 2. The lowest BCUT2D eigenvalue weighted by Crippen LogP contribution is -2.50. The number of sulfonamides is 1. The maximum absolute atomic E-state index is 12.6. The van der Waals surface area contributed by atoms with E-state index in [-0.39, 0.29) is 22.5 Å². The molecule has 2 N–H and O–H groups in total. The number of piperidine rings is 1. The van der Waals surface area contributed by atoms with Crippen LogP contribution in [0.3, 0.4) is 0 Å². The molecule has 122 valence electrons. The number of nitro groups is 1. The first-order valence-electron chi connectivity index (χ1n) is 7.35. The van der Waals surface area contributed by atoms with Crippen molar-refractivity contribution in [3.8, 4) is 0 Å². The predicted molar refractivity (Wildman–Crippen MR) is 83.2 cm³/mol. The molecular weight excluding hydrogens is 306 g/mol. The molecule has 2 atom stereocenters. The van der Waals surface area contributed by atoms with Crippen LogP contribution in [0.1, 0.15) is 25.8 Å². The quantitative estimate of drug-likeness (QED) is 0.629. The zero-order valence-electron chi connectivity index (χ0n) is 12.7. The molecule has 0 saturated carbocycles. The number of nitrogens with zero attached hydrogens (tertiary/aromatic N) is 1. The predicted octanol–water partition coefficient (Wildman–Crippen LogP) is 1.43. The highest BCUT2D eigenvalue weighted by molar-refractivity contribution is 7.89. The summed E-state index contributed by atoms with van der Waals surface area (Å²) in [5.41, 5.74) is 0.363. The van der Waals surface area contributed by atoms with Gasteiger partial charge in [0.1, 0.15) is 0 Å². The third-order valence-corrected chi connectivity index (χ3v) is 5.64. The number of benzene rings is 1. The van der Waals surface area contributed by atoms with E-state index in [2.05, 4.69) is 10.0 Å². The summed E-state index contributed by atoms with van der Waals surface area (Å²) in [4.78, 5) is 10.3. The number of non-ortho nitro benzene ring substituents is 1. The van der Waals surface area contributed by atoms with Gasteiger partial charge in [-0.3, -0.25) is 10.1 Å². The van der Waals surface area contributed by atoms with Crippen molar-refractivity contribution < 1.29 is 13.3 Å². The Morgan fingerprint density at radius 2 is 2.18 bits per heavy atom. The molecule has 1 aromatic carbocycles. The van der Waals surface area contributed by atoms with Crippen LogP contribution in [-0.4, -0.2) is 32.5 Å². The van der Waals surface area contributed by atoms with Crippen molar-refractivity contribution >= 4 is 15.7 Å². The first kappa shape index (κ1) is 16.9. The smallest absolute Gasteiger partial charge is 0.270 e. The van der Waals surface area contributed by atoms with Crippen LogP contribution < -0.4 is 10.0 Å². The number of aryl methyl sites for hydroxylation is 1. The van der Waals surface area contributed by atoms with Crippen molar-refractivity contribution in [1.29, 1.82) is 0 Å². The van der Waals surface area contributed by atoms with Crippen LogP contribution in [0.2, 0.25) is 0 Å². The van der Waals surface area contributed by atoms with Gasteiger partial charge in [-0.25, -0.2) is 13.1 Å². The lowest BCUT2D eigenvalue weighted by Gasteiger charge is -2.30. The Morgan fingerprint density at radius 1 is 1.45 bits per heavy atom. The first-order valence-corrected chi connectivity index (χ1v) is 8.84. The summed E-state index contributed by atoms with van der Waals surface area (Å²) in [5.74, 6) is 0.222. The van der Waals surface area contributed by atoms with Crippen molar-refractivity contribution in [2.24, 2.45) is 5.92 Å². The Labute approximate surface area is 130 Å². The molecular formula is C14H21N3O4S. The minimum atomic E-state index is -3.79. The number of rotatable bonds is 5. The van der Waals surface area contributed by atoms with Gasteiger partial charge in [0, 0.05) is 24.7 Å². The molecule has 8 heteroatoms. The Hall–Kier alpha value is -1.51. The lowest BCUT2D eigenvalue weighted by molar-refractivity contribution is -0.385. The molecule has 1 aromatic rings. The van der Waals surface area contributed by atoms with E-state index in [4.69, 9.17) is 0 Å². The highest BCUT2D eigenvalue weighted by Gasteiger charge is 2.28. The molecule has 22 heavy (non-hydrogen) atoms. The third kappa shape index (κ3) is 3.63. The Kier molecular flexibility index (Phi) is 5.15. The van der Waals surface area contributed by atoms with E-state index >= 15 is 0 Å². The summed E-state index contributed by atoms with van der Waals surface area (Å²) in [6.45, 7) is 5.26. The summed E-state index contributed by atoms with van der Waals surface area (Å²) in [7, 11) is -3.79. The highest BCUT2D eigenvalue weighted by atomic mass is 32.2. The molecule has 0 aliphatic carbocycles. The van der Waals surface area contributed by atoms with Crippen LogP contribution in [0, 0.1) is 16.0 Å². The summed E-state index contributed by atoms with van der Waals surface area (Å²) in [5, 5.41) is 14.1. The molecule has 1 aliphatic rings. The van der Waals surface area contributed by atoms with Gasteiger partial charge in [0.2, 0.25) is 10.0 Å². The molecule has 0 bridgehead atoms. The molecule has 1 heterocycles.